The first-order chi connectivity index (χ1) is 17.5. The number of amides is 2. The lowest BCUT2D eigenvalue weighted by Crippen LogP contribution is -2.41. The average molecular weight is 496 g/mol. The molecule has 2 aromatic heterocycles. The van der Waals surface area contributed by atoms with Crippen LogP contribution in [0.15, 0.2) is 83.3 Å². The third-order valence-electron chi connectivity index (χ3n) is 5.40. The smallest absolute Gasteiger partial charge is 0.281 e. The fraction of sp³-hybridized carbons (Fsp3) is 0.0741. The Balaban J connectivity index is 1.22. The summed E-state index contributed by atoms with van der Waals surface area (Å²) < 4.78 is 5.80. The molecule has 178 valence electrons. The van der Waals surface area contributed by atoms with E-state index >= 15 is 0 Å². The van der Waals surface area contributed by atoms with E-state index in [1.807, 2.05) is 61.5 Å². The van der Waals surface area contributed by atoms with E-state index in [2.05, 4.69) is 26.0 Å². The van der Waals surface area contributed by atoms with Gasteiger partial charge in [0.15, 0.2) is 0 Å². The summed E-state index contributed by atoms with van der Waals surface area (Å²) in [5, 5.41) is 8.98. The van der Waals surface area contributed by atoms with Crippen molar-refractivity contribution in [3.05, 3.63) is 101 Å². The van der Waals surface area contributed by atoms with Crippen molar-refractivity contribution in [1.29, 1.82) is 0 Å². The van der Waals surface area contributed by atoms with Gasteiger partial charge < -0.3 is 4.42 Å². The zero-order valence-electron chi connectivity index (χ0n) is 19.5. The van der Waals surface area contributed by atoms with E-state index in [0.29, 0.717) is 33.5 Å². The standard InChI is InChI=1S/C27H21N5O3S/c1-16-7-6-10-21(15-16)26-32-31-25(35-26)19-13-11-18(12-14-19)23(33)29-30-24(34)22-17(2)28-27(36-22)20-8-4-3-5-9-20/h3-15H,1-2H3,(H,29,33)(H,30,34). The minimum atomic E-state index is -0.452. The fourth-order valence-electron chi connectivity index (χ4n) is 3.55. The molecule has 0 aliphatic rings. The normalized spacial score (nSPS) is 10.7. The molecule has 2 amide bonds. The predicted octanol–water partition coefficient (Wildman–Crippen LogP) is 5.22. The molecule has 0 spiro atoms. The number of aryl methyl sites for hydroxylation is 2. The van der Waals surface area contributed by atoms with Crippen molar-refractivity contribution in [3.63, 3.8) is 0 Å². The Kier molecular flexibility index (Phi) is 6.38. The lowest BCUT2D eigenvalue weighted by atomic mass is 10.1. The summed E-state index contributed by atoms with van der Waals surface area (Å²) in [6, 6.07) is 24.1. The molecule has 36 heavy (non-hydrogen) atoms. The van der Waals surface area contributed by atoms with Crippen LogP contribution >= 0.6 is 11.3 Å². The minimum Gasteiger partial charge on any atom is -0.416 e. The highest BCUT2D eigenvalue weighted by Gasteiger charge is 2.17. The van der Waals surface area contributed by atoms with E-state index in [1.165, 1.54) is 11.3 Å². The summed E-state index contributed by atoms with van der Waals surface area (Å²) in [5.41, 5.74) is 9.42. The van der Waals surface area contributed by atoms with Crippen LogP contribution in [0.4, 0.5) is 0 Å². The number of nitrogens with one attached hydrogen (secondary N) is 2. The van der Waals surface area contributed by atoms with Crippen LogP contribution in [0.1, 0.15) is 31.3 Å². The van der Waals surface area contributed by atoms with Gasteiger partial charge in [-0.05, 0) is 50.2 Å². The number of nitrogens with zero attached hydrogens (tertiary/aromatic N) is 3. The second kappa shape index (κ2) is 9.93. The van der Waals surface area contributed by atoms with E-state index < -0.39 is 11.8 Å². The van der Waals surface area contributed by atoms with Crippen LogP contribution in [-0.2, 0) is 0 Å². The van der Waals surface area contributed by atoms with Crippen molar-refractivity contribution in [2.24, 2.45) is 0 Å². The Morgan fingerprint density at radius 1 is 0.750 bits per heavy atom. The molecular formula is C27H21N5O3S. The quantitative estimate of drug-likeness (QED) is 0.324. The summed E-state index contributed by atoms with van der Waals surface area (Å²) in [7, 11) is 0. The van der Waals surface area contributed by atoms with Crippen LogP contribution in [0.25, 0.3) is 33.5 Å². The van der Waals surface area contributed by atoms with Gasteiger partial charge in [0.2, 0.25) is 11.8 Å². The van der Waals surface area contributed by atoms with Crippen molar-refractivity contribution < 1.29 is 14.0 Å². The lowest BCUT2D eigenvalue weighted by Gasteiger charge is -2.07. The van der Waals surface area contributed by atoms with Crippen molar-refractivity contribution >= 4 is 23.2 Å². The van der Waals surface area contributed by atoms with Crippen LogP contribution in [0, 0.1) is 13.8 Å². The predicted molar refractivity (Wildman–Crippen MR) is 137 cm³/mol. The number of hydrogen-bond donors (Lipinski definition) is 2. The van der Waals surface area contributed by atoms with E-state index in [-0.39, 0.29) is 0 Å². The third kappa shape index (κ3) is 4.91. The van der Waals surface area contributed by atoms with Gasteiger partial charge in [0, 0.05) is 22.3 Å². The van der Waals surface area contributed by atoms with Gasteiger partial charge in [0.05, 0.1) is 5.69 Å². The molecule has 2 heterocycles. The Hall–Kier alpha value is -4.63. The van der Waals surface area contributed by atoms with E-state index in [0.717, 1.165) is 21.7 Å². The van der Waals surface area contributed by atoms with Crippen molar-refractivity contribution in [1.82, 2.24) is 26.0 Å². The molecular weight excluding hydrogens is 474 g/mol. The highest BCUT2D eigenvalue weighted by atomic mass is 32.1. The molecule has 0 fully saturated rings. The molecule has 5 rings (SSSR count). The van der Waals surface area contributed by atoms with Gasteiger partial charge in [-0.25, -0.2) is 4.98 Å². The average Bonchev–Trinajstić information content (AvgIpc) is 3.55. The molecule has 0 radical (unpaired) electrons. The van der Waals surface area contributed by atoms with Crippen molar-refractivity contribution in [2.75, 3.05) is 0 Å². The summed E-state index contributed by atoms with van der Waals surface area (Å²) in [4.78, 5) is 30.1. The van der Waals surface area contributed by atoms with Crippen LogP contribution in [0.2, 0.25) is 0 Å². The molecule has 8 nitrogen and oxygen atoms in total. The van der Waals surface area contributed by atoms with E-state index in [1.54, 1.807) is 31.2 Å². The Labute approximate surface area is 211 Å². The fourth-order valence-corrected chi connectivity index (χ4v) is 4.52. The first-order valence-corrected chi connectivity index (χ1v) is 11.9. The zero-order chi connectivity index (χ0) is 25.1. The molecule has 3 aromatic carbocycles. The lowest BCUT2D eigenvalue weighted by molar-refractivity contribution is 0.0848. The van der Waals surface area contributed by atoms with Crippen LogP contribution in [-0.4, -0.2) is 27.0 Å². The number of aromatic nitrogens is 3. The first-order valence-electron chi connectivity index (χ1n) is 11.1. The number of thiazole rings is 1. The Bertz CT molecular complexity index is 1540. The largest absolute Gasteiger partial charge is 0.416 e. The van der Waals surface area contributed by atoms with Crippen LogP contribution in [0.3, 0.4) is 0 Å². The maximum atomic E-state index is 12.6. The molecule has 0 saturated carbocycles. The highest BCUT2D eigenvalue weighted by molar-refractivity contribution is 7.17. The number of benzene rings is 3. The SMILES string of the molecule is Cc1cccc(-c2nnc(-c3ccc(C(=O)NNC(=O)c4sc(-c5ccccc5)nc4C)cc3)o2)c1. The topological polar surface area (TPSA) is 110 Å². The number of rotatable bonds is 5. The van der Waals surface area contributed by atoms with Crippen molar-refractivity contribution in [3.8, 4) is 33.5 Å². The summed E-state index contributed by atoms with van der Waals surface area (Å²) in [5.74, 6) is -0.105. The number of hydrogen-bond acceptors (Lipinski definition) is 7. The Morgan fingerprint density at radius 3 is 2.14 bits per heavy atom. The first kappa shape index (κ1) is 23.1. The maximum absolute atomic E-state index is 12.6. The zero-order valence-corrected chi connectivity index (χ0v) is 20.3. The molecule has 0 saturated heterocycles. The summed E-state index contributed by atoms with van der Waals surface area (Å²) >= 11 is 1.27. The minimum absolute atomic E-state index is 0.349. The van der Waals surface area contributed by atoms with Crippen LogP contribution in [0.5, 0.6) is 0 Å². The molecule has 0 aliphatic heterocycles. The van der Waals surface area contributed by atoms with Gasteiger partial charge in [0.1, 0.15) is 9.88 Å². The molecule has 0 bridgehead atoms. The van der Waals surface area contributed by atoms with Gasteiger partial charge in [-0.15, -0.1) is 21.5 Å². The monoisotopic (exact) mass is 495 g/mol. The van der Waals surface area contributed by atoms with Gasteiger partial charge >= 0.3 is 0 Å². The Morgan fingerprint density at radius 2 is 1.42 bits per heavy atom. The molecule has 0 atom stereocenters. The summed E-state index contributed by atoms with van der Waals surface area (Å²) in [6.45, 7) is 3.76. The molecule has 2 N–H and O–H groups in total. The second-order valence-corrected chi connectivity index (χ2v) is 9.07. The highest BCUT2D eigenvalue weighted by Crippen LogP contribution is 2.28. The number of hydrazine groups is 1. The molecule has 0 unspecified atom stereocenters. The second-order valence-electron chi connectivity index (χ2n) is 8.07. The van der Waals surface area contributed by atoms with Gasteiger partial charge in [-0.3, -0.25) is 20.4 Å². The van der Waals surface area contributed by atoms with Crippen molar-refractivity contribution in [2.45, 2.75) is 13.8 Å². The maximum Gasteiger partial charge on any atom is 0.281 e. The van der Waals surface area contributed by atoms with E-state index in [9.17, 15) is 9.59 Å². The molecule has 9 heteroatoms. The van der Waals surface area contributed by atoms with Gasteiger partial charge in [0.25, 0.3) is 11.8 Å². The van der Waals surface area contributed by atoms with E-state index in [4.69, 9.17) is 4.42 Å². The number of carbonyl (C=O) groups excluding carboxylic acids is 2. The van der Waals surface area contributed by atoms with Gasteiger partial charge in [-0.1, -0.05) is 48.0 Å². The summed E-state index contributed by atoms with van der Waals surface area (Å²) in [6.07, 6.45) is 0. The molecule has 5 aromatic rings. The number of carbonyl (C=O) groups is 2. The van der Waals surface area contributed by atoms with Crippen LogP contribution < -0.4 is 10.9 Å². The van der Waals surface area contributed by atoms with Gasteiger partial charge in [-0.2, -0.15) is 0 Å². The molecule has 0 aliphatic carbocycles. The third-order valence-corrected chi connectivity index (χ3v) is 6.60.